The average Bonchev–Trinajstić information content (AvgIpc) is 3.44. The zero-order chi connectivity index (χ0) is 18.6. The van der Waals surface area contributed by atoms with Gasteiger partial charge in [-0.1, -0.05) is 17.3 Å². The minimum absolute atomic E-state index is 0.000536. The van der Waals surface area contributed by atoms with E-state index < -0.39 is 0 Å². The lowest BCUT2D eigenvalue weighted by molar-refractivity contribution is -0.137. The number of para-hydroxylation sites is 2. The quantitative estimate of drug-likeness (QED) is 0.798. The first-order valence-electron chi connectivity index (χ1n) is 9.38. The van der Waals surface area contributed by atoms with E-state index in [1.165, 1.54) is 0 Å². The van der Waals surface area contributed by atoms with Gasteiger partial charge < -0.3 is 24.2 Å². The van der Waals surface area contributed by atoms with Crippen molar-refractivity contribution >= 4 is 11.6 Å². The lowest BCUT2D eigenvalue weighted by Gasteiger charge is -2.27. The number of hydrogen-bond acceptors (Lipinski definition) is 7. The lowest BCUT2D eigenvalue weighted by atomic mass is 10.2. The van der Waals surface area contributed by atoms with Crippen LogP contribution >= 0.6 is 0 Å². The summed E-state index contributed by atoms with van der Waals surface area (Å²) in [5, 5.41) is 7.39. The Balaban J connectivity index is 1.37. The first kappa shape index (κ1) is 17.8. The summed E-state index contributed by atoms with van der Waals surface area (Å²) in [5.74, 6) is 2.38. The third kappa shape index (κ3) is 4.39. The van der Waals surface area contributed by atoms with Gasteiger partial charge in [-0.3, -0.25) is 4.79 Å². The van der Waals surface area contributed by atoms with E-state index in [1.54, 1.807) is 4.90 Å². The highest BCUT2D eigenvalue weighted by molar-refractivity contribution is 5.78. The van der Waals surface area contributed by atoms with Crippen molar-refractivity contribution in [3.63, 3.8) is 0 Å². The smallest absolute Gasteiger partial charge is 0.260 e. The Morgan fingerprint density at radius 3 is 2.89 bits per heavy atom. The molecule has 144 valence electrons. The van der Waals surface area contributed by atoms with Crippen LogP contribution < -0.4 is 10.1 Å². The van der Waals surface area contributed by atoms with Crippen molar-refractivity contribution in [2.75, 3.05) is 38.2 Å². The van der Waals surface area contributed by atoms with Crippen LogP contribution in [-0.4, -0.2) is 53.9 Å². The molecular formula is C19H24N4O4. The predicted octanol–water partition coefficient (Wildman–Crippen LogP) is 2.36. The summed E-state index contributed by atoms with van der Waals surface area (Å²) in [6.45, 7) is 4.33. The number of morpholine rings is 1. The molecule has 1 atom stereocenters. The van der Waals surface area contributed by atoms with Crippen LogP contribution in [-0.2, 0) is 9.53 Å². The summed E-state index contributed by atoms with van der Waals surface area (Å²) in [6.07, 6.45) is 2.27. The van der Waals surface area contributed by atoms with Gasteiger partial charge in [0.15, 0.2) is 12.4 Å². The number of anilines is 1. The van der Waals surface area contributed by atoms with Crippen LogP contribution in [0.4, 0.5) is 5.69 Å². The highest BCUT2D eigenvalue weighted by atomic mass is 16.5. The molecule has 1 saturated heterocycles. The average molecular weight is 372 g/mol. The van der Waals surface area contributed by atoms with Gasteiger partial charge in [-0.2, -0.15) is 4.98 Å². The molecule has 8 nitrogen and oxygen atoms in total. The zero-order valence-corrected chi connectivity index (χ0v) is 15.4. The highest BCUT2D eigenvalue weighted by Gasteiger charge is 2.29. The van der Waals surface area contributed by atoms with Crippen molar-refractivity contribution in [3.8, 4) is 5.75 Å². The molecule has 2 aliphatic rings. The molecular weight excluding hydrogens is 348 g/mol. The van der Waals surface area contributed by atoms with E-state index in [9.17, 15) is 4.79 Å². The highest BCUT2D eigenvalue weighted by Crippen LogP contribution is 2.38. The van der Waals surface area contributed by atoms with Crippen LogP contribution in [0.1, 0.15) is 43.4 Å². The second kappa shape index (κ2) is 7.96. The van der Waals surface area contributed by atoms with E-state index in [-0.39, 0.29) is 18.6 Å². The van der Waals surface area contributed by atoms with Gasteiger partial charge in [0.2, 0.25) is 5.89 Å². The molecule has 1 aliphatic heterocycles. The number of nitrogens with one attached hydrogen (secondary N) is 1. The van der Waals surface area contributed by atoms with Crippen molar-refractivity contribution < 1.29 is 18.8 Å². The Labute approximate surface area is 157 Å². The molecule has 2 aromatic rings. The molecule has 1 N–H and O–H groups in total. The van der Waals surface area contributed by atoms with Crippen LogP contribution in [0.5, 0.6) is 5.75 Å². The largest absolute Gasteiger partial charge is 0.482 e. The first-order valence-corrected chi connectivity index (χ1v) is 9.38. The Morgan fingerprint density at radius 2 is 2.11 bits per heavy atom. The van der Waals surface area contributed by atoms with Gasteiger partial charge in [0.25, 0.3) is 5.91 Å². The van der Waals surface area contributed by atoms with E-state index in [4.69, 9.17) is 14.0 Å². The summed E-state index contributed by atoms with van der Waals surface area (Å²) < 4.78 is 16.4. The fourth-order valence-corrected chi connectivity index (χ4v) is 2.98. The van der Waals surface area contributed by atoms with Crippen LogP contribution in [0.25, 0.3) is 0 Å². The van der Waals surface area contributed by atoms with Crippen LogP contribution in [0.3, 0.4) is 0 Å². The zero-order valence-electron chi connectivity index (χ0n) is 15.4. The minimum atomic E-state index is -0.162. The maximum Gasteiger partial charge on any atom is 0.260 e. The fraction of sp³-hybridized carbons (Fsp3) is 0.526. The second-order valence-corrected chi connectivity index (χ2v) is 6.91. The summed E-state index contributed by atoms with van der Waals surface area (Å²) in [7, 11) is 0. The standard InChI is InChI=1S/C19H24N4O4/c1-13(19-21-18(22-27-19)14-6-7-14)20-15-4-2-3-5-16(15)26-12-17(24)23-8-10-25-11-9-23/h2-5,13-14,20H,6-12H2,1H3. The van der Waals surface area contributed by atoms with Gasteiger partial charge in [0.05, 0.1) is 18.9 Å². The maximum atomic E-state index is 12.3. The van der Waals surface area contributed by atoms with E-state index in [0.717, 1.165) is 24.4 Å². The summed E-state index contributed by atoms with van der Waals surface area (Å²) in [4.78, 5) is 18.5. The molecule has 1 amide bonds. The number of amides is 1. The van der Waals surface area contributed by atoms with Crippen LogP contribution in [0, 0.1) is 0 Å². The molecule has 1 saturated carbocycles. The summed E-state index contributed by atoms with van der Waals surface area (Å²) in [5.41, 5.74) is 0.783. The number of rotatable bonds is 7. The maximum absolute atomic E-state index is 12.3. The lowest BCUT2D eigenvalue weighted by Crippen LogP contribution is -2.43. The molecule has 2 fully saturated rings. The van der Waals surface area contributed by atoms with Crippen molar-refractivity contribution in [1.29, 1.82) is 0 Å². The van der Waals surface area contributed by atoms with Crippen molar-refractivity contribution in [1.82, 2.24) is 15.0 Å². The molecule has 0 radical (unpaired) electrons. The van der Waals surface area contributed by atoms with Crippen LogP contribution in [0.15, 0.2) is 28.8 Å². The predicted molar refractivity (Wildman–Crippen MR) is 97.6 cm³/mol. The van der Waals surface area contributed by atoms with Gasteiger partial charge in [-0.15, -0.1) is 0 Å². The van der Waals surface area contributed by atoms with Gasteiger partial charge in [0.1, 0.15) is 11.8 Å². The Kier molecular flexibility index (Phi) is 5.24. The Hall–Kier alpha value is -2.61. The topological polar surface area (TPSA) is 89.7 Å². The molecule has 8 heteroatoms. The molecule has 0 bridgehead atoms. The normalized spacial score (nSPS) is 18.2. The number of carbonyl (C=O) groups is 1. The number of ether oxygens (including phenoxy) is 2. The Bertz CT molecular complexity index is 784. The van der Waals surface area contributed by atoms with Gasteiger partial charge in [-0.05, 0) is 31.9 Å². The SMILES string of the molecule is CC(Nc1ccccc1OCC(=O)N1CCOCC1)c1nc(C2CC2)no1. The number of aromatic nitrogens is 2. The summed E-state index contributed by atoms with van der Waals surface area (Å²) in [6, 6.07) is 7.37. The molecule has 27 heavy (non-hydrogen) atoms. The number of nitrogens with zero attached hydrogens (tertiary/aromatic N) is 3. The van der Waals surface area contributed by atoms with E-state index >= 15 is 0 Å². The summed E-state index contributed by atoms with van der Waals surface area (Å²) >= 11 is 0. The van der Waals surface area contributed by atoms with E-state index in [1.807, 2.05) is 31.2 Å². The monoisotopic (exact) mass is 372 g/mol. The molecule has 1 aromatic heterocycles. The Morgan fingerprint density at radius 1 is 1.33 bits per heavy atom. The number of hydrogen-bond donors (Lipinski definition) is 1. The van der Waals surface area contributed by atoms with E-state index in [0.29, 0.717) is 43.9 Å². The molecule has 1 unspecified atom stereocenters. The molecule has 4 rings (SSSR count). The third-order valence-corrected chi connectivity index (χ3v) is 4.74. The number of carbonyl (C=O) groups excluding carboxylic acids is 1. The minimum Gasteiger partial charge on any atom is -0.482 e. The second-order valence-electron chi connectivity index (χ2n) is 6.91. The van der Waals surface area contributed by atoms with Crippen molar-refractivity contribution in [2.24, 2.45) is 0 Å². The first-order chi connectivity index (χ1) is 13.2. The van der Waals surface area contributed by atoms with Crippen molar-refractivity contribution in [2.45, 2.75) is 31.7 Å². The molecule has 0 spiro atoms. The fourth-order valence-electron chi connectivity index (χ4n) is 2.98. The molecule has 1 aromatic carbocycles. The van der Waals surface area contributed by atoms with Crippen molar-refractivity contribution in [3.05, 3.63) is 36.0 Å². The third-order valence-electron chi connectivity index (χ3n) is 4.74. The van der Waals surface area contributed by atoms with Gasteiger partial charge in [0, 0.05) is 19.0 Å². The number of benzene rings is 1. The molecule has 2 heterocycles. The molecule has 1 aliphatic carbocycles. The van der Waals surface area contributed by atoms with Gasteiger partial charge >= 0.3 is 0 Å². The van der Waals surface area contributed by atoms with Crippen LogP contribution in [0.2, 0.25) is 0 Å². The van der Waals surface area contributed by atoms with Gasteiger partial charge in [-0.25, -0.2) is 0 Å². The van der Waals surface area contributed by atoms with E-state index in [2.05, 4.69) is 15.5 Å².